The summed E-state index contributed by atoms with van der Waals surface area (Å²) in [5.74, 6) is 0.299. The van der Waals surface area contributed by atoms with Crippen LogP contribution in [0, 0.1) is 0 Å². The topological polar surface area (TPSA) is 17.1 Å². The second kappa shape index (κ2) is 3.60. The first-order chi connectivity index (χ1) is 7.84. The predicted molar refractivity (Wildman–Crippen MR) is 66.2 cm³/mol. The summed E-state index contributed by atoms with van der Waals surface area (Å²) in [4.78, 5) is 11.3. The number of ketones is 1. The number of fused-ring (bicyclic) bond motifs is 1. The summed E-state index contributed by atoms with van der Waals surface area (Å²) in [7, 11) is 0. The van der Waals surface area contributed by atoms with Crippen molar-refractivity contribution >= 4 is 22.6 Å². The monoisotopic (exact) mass is 208 g/mol. The molecule has 16 heavy (non-hydrogen) atoms. The molecule has 1 nitrogen and oxygen atoms in total. The van der Waals surface area contributed by atoms with Crippen molar-refractivity contribution in [2.24, 2.45) is 0 Å². The Bertz CT molecular complexity index is 588. The molecule has 0 bridgehead atoms. The van der Waals surface area contributed by atoms with Crippen LogP contribution in [0.2, 0.25) is 0 Å². The van der Waals surface area contributed by atoms with Gasteiger partial charge >= 0.3 is 0 Å². The van der Waals surface area contributed by atoms with Gasteiger partial charge in [-0.1, -0.05) is 42.5 Å². The fraction of sp³-hybridized carbons (Fsp3) is 0.133. The third-order valence-corrected chi connectivity index (χ3v) is 3.13. The van der Waals surface area contributed by atoms with E-state index >= 15 is 0 Å². The molecule has 0 spiro atoms. The van der Waals surface area contributed by atoms with Crippen molar-refractivity contribution in [1.82, 2.24) is 0 Å². The van der Waals surface area contributed by atoms with Crippen LogP contribution >= 0.6 is 0 Å². The number of hydrogen-bond donors (Lipinski definition) is 0. The van der Waals surface area contributed by atoms with E-state index in [1.54, 1.807) is 0 Å². The van der Waals surface area contributed by atoms with Gasteiger partial charge in [0.25, 0.3) is 0 Å². The third kappa shape index (κ3) is 1.45. The highest BCUT2D eigenvalue weighted by Gasteiger charge is 2.19. The molecule has 0 saturated heterocycles. The Morgan fingerprint density at radius 3 is 2.50 bits per heavy atom. The van der Waals surface area contributed by atoms with E-state index in [1.165, 1.54) is 10.8 Å². The van der Waals surface area contributed by atoms with E-state index in [0.717, 1.165) is 24.0 Å². The lowest BCUT2D eigenvalue weighted by Crippen LogP contribution is -2.13. The maximum Gasteiger partial charge on any atom is 0.159 e. The summed E-state index contributed by atoms with van der Waals surface area (Å²) in [6, 6.07) is 14.5. The van der Waals surface area contributed by atoms with Crippen molar-refractivity contribution < 1.29 is 4.79 Å². The molecule has 3 rings (SSSR count). The van der Waals surface area contributed by atoms with Gasteiger partial charge in [0.1, 0.15) is 0 Å². The van der Waals surface area contributed by atoms with E-state index < -0.39 is 0 Å². The van der Waals surface area contributed by atoms with Gasteiger partial charge in [0.15, 0.2) is 5.78 Å². The van der Waals surface area contributed by atoms with Crippen molar-refractivity contribution in [2.75, 3.05) is 0 Å². The summed E-state index contributed by atoms with van der Waals surface area (Å²) in [5.41, 5.74) is 2.12. The number of allylic oxidation sites excluding steroid dienone is 1. The number of carbonyl (C=O) groups is 1. The molecule has 0 atom stereocenters. The molecule has 2 aromatic rings. The summed E-state index contributed by atoms with van der Waals surface area (Å²) in [6.07, 6.45) is 3.69. The maximum absolute atomic E-state index is 11.3. The fourth-order valence-electron chi connectivity index (χ4n) is 2.09. The molecule has 1 heteroatoms. The SMILES string of the molecule is O=C1CC/C1=C\c1cccc2ccccc12. The first-order valence-corrected chi connectivity index (χ1v) is 5.56. The van der Waals surface area contributed by atoms with Gasteiger partial charge in [0, 0.05) is 6.42 Å². The number of benzene rings is 2. The Labute approximate surface area is 94.4 Å². The van der Waals surface area contributed by atoms with Gasteiger partial charge in [0.2, 0.25) is 0 Å². The molecule has 0 amide bonds. The Balaban J connectivity index is 2.17. The average molecular weight is 208 g/mol. The second-order valence-corrected chi connectivity index (χ2v) is 4.16. The van der Waals surface area contributed by atoms with Crippen molar-refractivity contribution in [3.8, 4) is 0 Å². The van der Waals surface area contributed by atoms with Crippen LogP contribution in [0.4, 0.5) is 0 Å². The molecule has 0 aliphatic heterocycles. The molecule has 1 aliphatic rings. The predicted octanol–water partition coefficient (Wildman–Crippen LogP) is 3.59. The maximum atomic E-state index is 11.3. The molecule has 2 aromatic carbocycles. The van der Waals surface area contributed by atoms with Gasteiger partial charge in [-0.2, -0.15) is 0 Å². The third-order valence-electron chi connectivity index (χ3n) is 3.13. The van der Waals surface area contributed by atoms with Crippen LogP contribution in [0.3, 0.4) is 0 Å². The normalized spacial score (nSPS) is 17.8. The van der Waals surface area contributed by atoms with Crippen LogP contribution < -0.4 is 0 Å². The summed E-state index contributed by atoms with van der Waals surface area (Å²) >= 11 is 0. The summed E-state index contributed by atoms with van der Waals surface area (Å²) in [5, 5.41) is 2.45. The first kappa shape index (κ1) is 9.34. The van der Waals surface area contributed by atoms with Gasteiger partial charge in [-0.3, -0.25) is 4.79 Å². The van der Waals surface area contributed by atoms with Crippen molar-refractivity contribution in [1.29, 1.82) is 0 Å². The van der Waals surface area contributed by atoms with E-state index in [9.17, 15) is 4.79 Å². The lowest BCUT2D eigenvalue weighted by molar-refractivity contribution is -0.118. The molecule has 1 fully saturated rings. The van der Waals surface area contributed by atoms with Crippen molar-refractivity contribution in [3.63, 3.8) is 0 Å². The minimum Gasteiger partial charge on any atom is -0.295 e. The Morgan fingerprint density at radius 2 is 1.75 bits per heavy atom. The van der Waals surface area contributed by atoms with Crippen LogP contribution in [-0.4, -0.2) is 5.78 Å². The van der Waals surface area contributed by atoms with E-state index in [0.29, 0.717) is 5.78 Å². The fourth-order valence-corrected chi connectivity index (χ4v) is 2.09. The van der Waals surface area contributed by atoms with Crippen LogP contribution in [-0.2, 0) is 4.79 Å². The van der Waals surface area contributed by atoms with Gasteiger partial charge in [-0.25, -0.2) is 0 Å². The zero-order valence-electron chi connectivity index (χ0n) is 8.94. The molecule has 0 heterocycles. The Hall–Kier alpha value is -1.89. The van der Waals surface area contributed by atoms with Gasteiger partial charge in [-0.05, 0) is 34.4 Å². The number of Topliss-reactive ketones (excluding diaryl/α,β-unsaturated/α-hetero) is 1. The highest BCUT2D eigenvalue weighted by molar-refractivity contribution is 6.06. The smallest absolute Gasteiger partial charge is 0.159 e. The largest absolute Gasteiger partial charge is 0.295 e. The summed E-state index contributed by atoms with van der Waals surface area (Å²) < 4.78 is 0. The molecule has 0 unspecified atom stereocenters. The second-order valence-electron chi connectivity index (χ2n) is 4.16. The highest BCUT2D eigenvalue weighted by Crippen LogP contribution is 2.27. The average Bonchev–Trinajstić information content (AvgIpc) is 2.34. The molecule has 1 saturated carbocycles. The lowest BCUT2D eigenvalue weighted by Gasteiger charge is -2.15. The molecular formula is C15H12O. The van der Waals surface area contributed by atoms with Crippen molar-refractivity contribution in [2.45, 2.75) is 12.8 Å². The molecule has 0 aromatic heterocycles. The van der Waals surface area contributed by atoms with Crippen LogP contribution in [0.1, 0.15) is 18.4 Å². The van der Waals surface area contributed by atoms with E-state index in [4.69, 9.17) is 0 Å². The molecule has 1 aliphatic carbocycles. The Kier molecular flexibility index (Phi) is 2.10. The van der Waals surface area contributed by atoms with Gasteiger partial charge in [0.05, 0.1) is 0 Å². The van der Waals surface area contributed by atoms with Crippen LogP contribution in [0.15, 0.2) is 48.0 Å². The lowest BCUT2D eigenvalue weighted by atomic mass is 9.88. The Morgan fingerprint density at radius 1 is 0.938 bits per heavy atom. The van der Waals surface area contributed by atoms with Gasteiger partial charge < -0.3 is 0 Å². The number of rotatable bonds is 1. The van der Waals surface area contributed by atoms with E-state index in [1.807, 2.05) is 24.3 Å². The minimum absolute atomic E-state index is 0.299. The zero-order chi connectivity index (χ0) is 11.0. The highest BCUT2D eigenvalue weighted by atomic mass is 16.1. The molecular weight excluding hydrogens is 196 g/mol. The molecule has 0 radical (unpaired) electrons. The van der Waals surface area contributed by atoms with Crippen molar-refractivity contribution in [3.05, 3.63) is 53.6 Å². The van der Waals surface area contributed by atoms with E-state index in [2.05, 4.69) is 24.3 Å². The quantitative estimate of drug-likeness (QED) is 0.654. The standard InChI is InChI=1S/C15H12O/c16-15-9-8-13(15)10-12-6-3-5-11-4-1-2-7-14(11)12/h1-7,10H,8-9H2/b13-10+. The van der Waals surface area contributed by atoms with Crippen LogP contribution in [0.5, 0.6) is 0 Å². The number of hydrogen-bond acceptors (Lipinski definition) is 1. The first-order valence-electron chi connectivity index (χ1n) is 5.56. The molecule has 78 valence electrons. The summed E-state index contributed by atoms with van der Waals surface area (Å²) in [6.45, 7) is 0. The van der Waals surface area contributed by atoms with Crippen LogP contribution in [0.25, 0.3) is 16.8 Å². The molecule has 0 N–H and O–H groups in total. The number of carbonyl (C=O) groups excluding carboxylic acids is 1. The van der Waals surface area contributed by atoms with E-state index in [-0.39, 0.29) is 0 Å². The van der Waals surface area contributed by atoms with Gasteiger partial charge in [-0.15, -0.1) is 0 Å². The minimum atomic E-state index is 0.299. The zero-order valence-corrected chi connectivity index (χ0v) is 8.94.